The number of nitrogens with two attached hydrogens (primary N) is 1. The van der Waals surface area contributed by atoms with Crippen LogP contribution in [0.15, 0.2) is 29.8 Å². The molecule has 3 rings (SSSR count). The van der Waals surface area contributed by atoms with E-state index in [1.807, 2.05) is 6.07 Å². The van der Waals surface area contributed by atoms with Gasteiger partial charge in [0.2, 0.25) is 0 Å². The van der Waals surface area contributed by atoms with Crippen molar-refractivity contribution >= 4 is 29.1 Å². The number of carbonyl (C=O) groups excluding carboxylic acids is 1. The van der Waals surface area contributed by atoms with Gasteiger partial charge in [0, 0.05) is 18.8 Å². The molecule has 2 aromatic heterocycles. The van der Waals surface area contributed by atoms with Crippen LogP contribution in [0.3, 0.4) is 0 Å². The zero-order valence-corrected chi connectivity index (χ0v) is 16.8. The Hall–Kier alpha value is -3.74. The van der Waals surface area contributed by atoms with Gasteiger partial charge in [0.25, 0.3) is 0 Å². The summed E-state index contributed by atoms with van der Waals surface area (Å²) in [5.74, 6) is 0.948. The molecule has 0 atom stereocenters. The molecule has 0 aliphatic heterocycles. The van der Waals surface area contributed by atoms with E-state index in [2.05, 4.69) is 30.7 Å². The van der Waals surface area contributed by atoms with Crippen LogP contribution in [-0.2, 0) is 4.84 Å². The first-order chi connectivity index (χ1) is 14.5. The molecule has 0 saturated heterocycles. The summed E-state index contributed by atoms with van der Waals surface area (Å²) in [6.07, 6.45) is 10.3. The molecule has 0 unspecified atom stereocenters. The second-order valence-corrected chi connectivity index (χ2v) is 7.14. The van der Waals surface area contributed by atoms with Gasteiger partial charge in [-0.2, -0.15) is 5.26 Å². The average molecular weight is 408 g/mol. The maximum absolute atomic E-state index is 12.4. The number of nitrogens with one attached hydrogen (secondary N) is 2. The van der Waals surface area contributed by atoms with Crippen LogP contribution in [-0.4, -0.2) is 33.3 Å². The Balaban J connectivity index is 1.79. The Bertz CT molecular complexity index is 942. The van der Waals surface area contributed by atoms with Crippen molar-refractivity contribution in [1.29, 1.82) is 5.26 Å². The largest absolute Gasteiger partial charge is 0.385 e. The molecular formula is C20H24N8O2. The van der Waals surface area contributed by atoms with Crippen LogP contribution in [0.25, 0.3) is 0 Å². The fourth-order valence-electron chi connectivity index (χ4n) is 3.22. The molecule has 0 radical (unpaired) electrons. The van der Waals surface area contributed by atoms with Gasteiger partial charge in [-0.1, -0.05) is 24.4 Å². The number of aromatic nitrogens is 3. The number of pyridine rings is 1. The first kappa shape index (κ1) is 21.0. The van der Waals surface area contributed by atoms with Gasteiger partial charge in [-0.15, -0.1) is 0 Å². The molecule has 0 amide bonds. The van der Waals surface area contributed by atoms with E-state index in [9.17, 15) is 4.79 Å². The first-order valence-electron chi connectivity index (χ1n) is 9.79. The van der Waals surface area contributed by atoms with Gasteiger partial charge in [0.1, 0.15) is 29.1 Å². The van der Waals surface area contributed by atoms with Crippen LogP contribution < -0.4 is 16.4 Å². The minimum atomic E-state index is -0.650. The maximum Gasteiger partial charge on any atom is 0.369 e. The van der Waals surface area contributed by atoms with Crippen molar-refractivity contribution in [3.8, 4) is 6.07 Å². The van der Waals surface area contributed by atoms with E-state index in [0.29, 0.717) is 23.2 Å². The summed E-state index contributed by atoms with van der Waals surface area (Å²) < 4.78 is 0. The van der Waals surface area contributed by atoms with Crippen molar-refractivity contribution < 1.29 is 9.63 Å². The number of nitrogens with zero attached hydrogens (tertiary/aromatic N) is 5. The van der Waals surface area contributed by atoms with Gasteiger partial charge in [-0.05, 0) is 25.7 Å². The Labute approximate surface area is 174 Å². The summed E-state index contributed by atoms with van der Waals surface area (Å²) in [6.45, 7) is 2.28. The minimum Gasteiger partial charge on any atom is -0.385 e. The molecule has 4 N–H and O–H groups in total. The van der Waals surface area contributed by atoms with Crippen LogP contribution in [0.1, 0.15) is 55.1 Å². The van der Waals surface area contributed by atoms with Gasteiger partial charge < -0.3 is 21.2 Å². The topological polar surface area (TPSA) is 151 Å². The molecule has 1 aliphatic carbocycles. The number of nitriles is 1. The molecule has 1 fully saturated rings. The van der Waals surface area contributed by atoms with Gasteiger partial charge in [-0.25, -0.2) is 19.7 Å². The third-order valence-corrected chi connectivity index (χ3v) is 4.72. The molecule has 10 heteroatoms. The molecule has 10 nitrogen and oxygen atoms in total. The standard InChI is InChI=1S/C20H24N8O2/c1-13(22)28-30-20(29)16-11-26-18(27-19-12-23-15(8-21)10-25-19)7-17(16)24-9-14-5-3-2-4-6-14/h7,10-12,14H,2-6,9H2,1H3,(H2,22,28)(H2,24,25,26,27). The number of oxime groups is 1. The predicted octanol–water partition coefficient (Wildman–Crippen LogP) is 2.93. The van der Waals surface area contributed by atoms with Crippen molar-refractivity contribution in [3.63, 3.8) is 0 Å². The molecule has 0 bridgehead atoms. The molecule has 0 spiro atoms. The number of rotatable bonds is 7. The van der Waals surface area contributed by atoms with E-state index in [0.717, 1.165) is 6.54 Å². The van der Waals surface area contributed by atoms with Gasteiger partial charge in [0.15, 0.2) is 5.69 Å². The van der Waals surface area contributed by atoms with Crippen molar-refractivity contribution in [3.05, 3.63) is 35.9 Å². The lowest BCUT2D eigenvalue weighted by Crippen LogP contribution is -2.19. The van der Waals surface area contributed by atoms with Gasteiger partial charge >= 0.3 is 5.97 Å². The number of anilines is 3. The van der Waals surface area contributed by atoms with Crippen LogP contribution in [0.5, 0.6) is 0 Å². The highest BCUT2D eigenvalue weighted by atomic mass is 16.7. The fourth-order valence-corrected chi connectivity index (χ4v) is 3.22. The Kier molecular flexibility index (Phi) is 7.10. The van der Waals surface area contributed by atoms with Crippen molar-refractivity contribution in [2.45, 2.75) is 39.0 Å². The average Bonchev–Trinajstić information content (AvgIpc) is 2.77. The second-order valence-electron chi connectivity index (χ2n) is 7.14. The van der Waals surface area contributed by atoms with E-state index < -0.39 is 5.97 Å². The monoisotopic (exact) mass is 408 g/mol. The lowest BCUT2D eigenvalue weighted by atomic mass is 9.89. The molecule has 1 saturated carbocycles. The first-order valence-corrected chi connectivity index (χ1v) is 9.79. The fraction of sp³-hybridized carbons (Fsp3) is 0.400. The zero-order valence-electron chi connectivity index (χ0n) is 16.8. The highest BCUT2D eigenvalue weighted by Crippen LogP contribution is 2.26. The van der Waals surface area contributed by atoms with Gasteiger partial charge in [0.05, 0.1) is 18.1 Å². The van der Waals surface area contributed by atoms with E-state index in [-0.39, 0.29) is 17.1 Å². The minimum absolute atomic E-state index is 0.144. The predicted molar refractivity (Wildman–Crippen MR) is 112 cm³/mol. The summed E-state index contributed by atoms with van der Waals surface area (Å²) in [4.78, 5) is 29.6. The maximum atomic E-state index is 12.4. The highest BCUT2D eigenvalue weighted by Gasteiger charge is 2.18. The molecule has 0 aromatic carbocycles. The molecule has 2 heterocycles. The lowest BCUT2D eigenvalue weighted by molar-refractivity contribution is 0.0516. The SMILES string of the molecule is C/C(N)=N\OC(=O)c1cnc(Nc2cnc(C#N)cn2)cc1NCC1CCCCC1. The smallest absolute Gasteiger partial charge is 0.369 e. The number of amidine groups is 1. The number of carbonyl (C=O) groups is 1. The number of hydrogen-bond donors (Lipinski definition) is 3. The highest BCUT2D eigenvalue weighted by molar-refractivity contribution is 5.96. The van der Waals surface area contributed by atoms with Crippen LogP contribution in [0, 0.1) is 17.2 Å². The van der Waals surface area contributed by atoms with E-state index in [1.165, 1.54) is 57.6 Å². The Morgan fingerprint density at radius 2 is 2.00 bits per heavy atom. The van der Waals surface area contributed by atoms with E-state index >= 15 is 0 Å². The molecule has 30 heavy (non-hydrogen) atoms. The van der Waals surface area contributed by atoms with Gasteiger partial charge in [-0.3, -0.25) is 0 Å². The molecule has 156 valence electrons. The Morgan fingerprint density at radius 1 is 1.23 bits per heavy atom. The molecule has 1 aliphatic rings. The summed E-state index contributed by atoms with van der Waals surface area (Å²) in [6, 6.07) is 3.62. The van der Waals surface area contributed by atoms with E-state index in [1.54, 1.807) is 6.07 Å². The second kappa shape index (κ2) is 10.2. The summed E-state index contributed by atoms with van der Waals surface area (Å²) in [7, 11) is 0. The molecule has 2 aromatic rings. The third-order valence-electron chi connectivity index (χ3n) is 4.72. The lowest BCUT2D eigenvalue weighted by Gasteiger charge is -2.23. The number of hydrogen-bond acceptors (Lipinski definition) is 9. The van der Waals surface area contributed by atoms with Crippen LogP contribution in [0.2, 0.25) is 0 Å². The third kappa shape index (κ3) is 5.88. The Morgan fingerprint density at radius 3 is 2.67 bits per heavy atom. The van der Waals surface area contributed by atoms with Crippen molar-refractivity contribution in [1.82, 2.24) is 15.0 Å². The van der Waals surface area contributed by atoms with E-state index in [4.69, 9.17) is 15.8 Å². The van der Waals surface area contributed by atoms with Crippen molar-refractivity contribution in [2.24, 2.45) is 16.8 Å². The van der Waals surface area contributed by atoms with Crippen molar-refractivity contribution in [2.75, 3.05) is 17.2 Å². The summed E-state index contributed by atoms with van der Waals surface area (Å²) >= 11 is 0. The van der Waals surface area contributed by atoms with Crippen LogP contribution in [0.4, 0.5) is 17.3 Å². The normalized spacial score (nSPS) is 14.6. The quantitative estimate of drug-likeness (QED) is 0.272. The summed E-state index contributed by atoms with van der Waals surface area (Å²) in [5, 5.41) is 18.7. The summed E-state index contributed by atoms with van der Waals surface area (Å²) in [5.41, 5.74) is 6.50. The molecular weight excluding hydrogens is 384 g/mol. The van der Waals surface area contributed by atoms with Crippen LogP contribution >= 0.6 is 0 Å². The zero-order chi connectivity index (χ0) is 21.3.